The summed E-state index contributed by atoms with van der Waals surface area (Å²) >= 11 is 0. The van der Waals surface area contributed by atoms with E-state index in [1.807, 2.05) is 27.7 Å². The van der Waals surface area contributed by atoms with Crippen molar-refractivity contribution in [3.63, 3.8) is 0 Å². The van der Waals surface area contributed by atoms with Gasteiger partial charge in [0.1, 0.15) is 12.8 Å². The predicted molar refractivity (Wildman–Crippen MR) is 87.2 cm³/mol. The second kappa shape index (κ2) is 17.3. The molecule has 1 unspecified atom stereocenters. The molecule has 0 radical (unpaired) electrons. The van der Waals surface area contributed by atoms with Crippen LogP contribution in [0, 0.1) is 5.92 Å². The zero-order chi connectivity index (χ0) is 18.1. The van der Waals surface area contributed by atoms with Crippen molar-refractivity contribution in [1.82, 2.24) is 5.32 Å². The molecule has 0 aliphatic rings. The third-order valence-electron chi connectivity index (χ3n) is 2.50. The van der Waals surface area contributed by atoms with E-state index in [0.717, 1.165) is 0 Å². The molecule has 0 fully saturated rings. The van der Waals surface area contributed by atoms with Crippen molar-refractivity contribution in [3.05, 3.63) is 0 Å². The first-order valence-electron chi connectivity index (χ1n) is 8.08. The monoisotopic (exact) mass is 337 g/mol. The molecule has 0 saturated heterocycles. The summed E-state index contributed by atoms with van der Waals surface area (Å²) in [4.78, 5) is 21.8. The minimum absolute atomic E-state index is 0.0227. The predicted octanol–water partition coefficient (Wildman–Crippen LogP) is 1.76. The van der Waals surface area contributed by atoms with Gasteiger partial charge in [0, 0.05) is 12.8 Å². The standard InChI is InChI=1S/C14H26FNO5.C2H6/c1-11(2)14(18)10-21-7-5-19-4-6-20-9-13(15)8-16-12(3)17;1-2/h11,13H,4-10H2,1-3H3,(H,16,17);1-2H3. The highest BCUT2D eigenvalue weighted by molar-refractivity contribution is 5.81. The minimum Gasteiger partial charge on any atom is -0.377 e. The van der Waals surface area contributed by atoms with Crippen LogP contribution in [0.5, 0.6) is 0 Å². The third-order valence-corrected chi connectivity index (χ3v) is 2.50. The van der Waals surface area contributed by atoms with Gasteiger partial charge >= 0.3 is 0 Å². The van der Waals surface area contributed by atoms with E-state index in [0.29, 0.717) is 19.8 Å². The molecule has 0 saturated carbocycles. The molecule has 0 aromatic heterocycles. The fourth-order valence-electron chi connectivity index (χ4n) is 1.20. The summed E-state index contributed by atoms with van der Waals surface area (Å²) in [6, 6.07) is 0. The summed E-state index contributed by atoms with van der Waals surface area (Å²) < 4.78 is 28.5. The van der Waals surface area contributed by atoms with Crippen LogP contribution in [-0.2, 0) is 23.8 Å². The van der Waals surface area contributed by atoms with E-state index in [4.69, 9.17) is 14.2 Å². The Labute approximate surface area is 139 Å². The number of Topliss-reactive ketones (excluding diaryl/α,β-unsaturated/α-hetero) is 1. The van der Waals surface area contributed by atoms with Crippen molar-refractivity contribution in [1.29, 1.82) is 0 Å². The lowest BCUT2D eigenvalue weighted by molar-refractivity contribution is -0.127. The van der Waals surface area contributed by atoms with Gasteiger partial charge in [-0.15, -0.1) is 0 Å². The van der Waals surface area contributed by atoms with Gasteiger partial charge in [0.15, 0.2) is 5.78 Å². The second-order valence-corrected chi connectivity index (χ2v) is 4.90. The fraction of sp³-hybridized carbons (Fsp3) is 0.875. The van der Waals surface area contributed by atoms with E-state index in [-0.39, 0.29) is 44.0 Å². The lowest BCUT2D eigenvalue weighted by Gasteiger charge is -2.10. The highest BCUT2D eigenvalue weighted by Crippen LogP contribution is 1.94. The second-order valence-electron chi connectivity index (χ2n) is 4.90. The van der Waals surface area contributed by atoms with E-state index in [9.17, 15) is 14.0 Å². The van der Waals surface area contributed by atoms with Crippen LogP contribution in [0.2, 0.25) is 0 Å². The van der Waals surface area contributed by atoms with E-state index < -0.39 is 6.17 Å². The van der Waals surface area contributed by atoms with Crippen LogP contribution in [0.25, 0.3) is 0 Å². The van der Waals surface area contributed by atoms with E-state index in [1.54, 1.807) is 0 Å². The zero-order valence-corrected chi connectivity index (χ0v) is 15.0. The summed E-state index contributed by atoms with van der Waals surface area (Å²) in [5, 5.41) is 2.37. The Bertz CT molecular complexity index is 300. The zero-order valence-electron chi connectivity index (χ0n) is 15.0. The molecule has 1 amide bonds. The van der Waals surface area contributed by atoms with Gasteiger partial charge in [0.2, 0.25) is 5.91 Å². The summed E-state index contributed by atoms with van der Waals surface area (Å²) in [7, 11) is 0. The normalized spacial score (nSPS) is 11.6. The molecule has 138 valence electrons. The Kier molecular flexibility index (Phi) is 18.2. The molecule has 1 N–H and O–H groups in total. The number of nitrogens with one attached hydrogen (secondary N) is 1. The Balaban J connectivity index is 0. The largest absolute Gasteiger partial charge is 0.377 e. The molecule has 0 spiro atoms. The number of alkyl halides is 1. The minimum atomic E-state index is -1.22. The van der Waals surface area contributed by atoms with Gasteiger partial charge < -0.3 is 19.5 Å². The van der Waals surface area contributed by atoms with Gasteiger partial charge in [0.05, 0.1) is 39.6 Å². The quantitative estimate of drug-likeness (QED) is 0.519. The highest BCUT2D eigenvalue weighted by Gasteiger charge is 2.07. The van der Waals surface area contributed by atoms with Gasteiger partial charge in [-0.05, 0) is 0 Å². The molecule has 7 heteroatoms. The summed E-state index contributed by atoms with van der Waals surface area (Å²) in [5.74, 6) is -0.228. The summed E-state index contributed by atoms with van der Waals surface area (Å²) in [6.45, 7) is 10.2. The third kappa shape index (κ3) is 18.9. The Morgan fingerprint density at radius 2 is 1.52 bits per heavy atom. The average molecular weight is 337 g/mol. The van der Waals surface area contributed by atoms with Crippen molar-refractivity contribution in [2.75, 3.05) is 46.2 Å². The van der Waals surface area contributed by atoms with E-state index >= 15 is 0 Å². The average Bonchev–Trinajstić information content (AvgIpc) is 2.52. The van der Waals surface area contributed by atoms with Crippen molar-refractivity contribution < 1.29 is 28.2 Å². The van der Waals surface area contributed by atoms with E-state index in [1.165, 1.54) is 6.92 Å². The molecule has 0 aromatic carbocycles. The van der Waals surface area contributed by atoms with Crippen molar-refractivity contribution in [2.45, 2.75) is 40.8 Å². The lowest BCUT2D eigenvalue weighted by atomic mass is 10.1. The molecule has 6 nitrogen and oxygen atoms in total. The molecule has 0 aliphatic carbocycles. The van der Waals surface area contributed by atoms with Gasteiger partial charge in [0.25, 0.3) is 0 Å². The first kappa shape index (κ1) is 24.2. The van der Waals surface area contributed by atoms with Crippen molar-refractivity contribution in [3.8, 4) is 0 Å². The van der Waals surface area contributed by atoms with Crippen LogP contribution in [0.4, 0.5) is 4.39 Å². The Morgan fingerprint density at radius 1 is 1.00 bits per heavy atom. The number of hydrogen-bond donors (Lipinski definition) is 1. The molecular formula is C16H32FNO5. The van der Waals surface area contributed by atoms with E-state index in [2.05, 4.69) is 5.32 Å². The van der Waals surface area contributed by atoms with Gasteiger partial charge in [-0.2, -0.15) is 0 Å². The fourth-order valence-corrected chi connectivity index (χ4v) is 1.20. The highest BCUT2D eigenvalue weighted by atomic mass is 19.1. The van der Waals surface area contributed by atoms with Crippen LogP contribution in [0.1, 0.15) is 34.6 Å². The number of amides is 1. The number of ether oxygens (including phenoxy) is 3. The molecule has 0 heterocycles. The lowest BCUT2D eigenvalue weighted by Crippen LogP contribution is -2.30. The molecule has 1 atom stereocenters. The molecular weight excluding hydrogens is 305 g/mol. The SMILES string of the molecule is CC.CC(=O)NCC(F)COCCOCCOCC(=O)C(C)C. The topological polar surface area (TPSA) is 73.9 Å². The van der Waals surface area contributed by atoms with Gasteiger partial charge in [-0.25, -0.2) is 4.39 Å². The number of carbonyl (C=O) groups excluding carboxylic acids is 2. The first-order chi connectivity index (χ1) is 10.9. The summed E-state index contributed by atoms with van der Waals surface area (Å²) in [6.07, 6.45) is -1.22. The number of carbonyl (C=O) groups is 2. The smallest absolute Gasteiger partial charge is 0.216 e. The maximum Gasteiger partial charge on any atom is 0.216 e. The molecule has 23 heavy (non-hydrogen) atoms. The van der Waals surface area contributed by atoms with Gasteiger partial charge in [-0.3, -0.25) is 9.59 Å². The number of halogens is 1. The maximum atomic E-state index is 13.1. The summed E-state index contributed by atoms with van der Waals surface area (Å²) in [5.41, 5.74) is 0. The van der Waals surface area contributed by atoms with Gasteiger partial charge in [-0.1, -0.05) is 27.7 Å². The number of ketones is 1. The molecule has 0 rings (SSSR count). The maximum absolute atomic E-state index is 13.1. The van der Waals surface area contributed by atoms with Crippen LogP contribution < -0.4 is 5.32 Å². The number of rotatable bonds is 13. The Morgan fingerprint density at radius 3 is 2.04 bits per heavy atom. The van der Waals surface area contributed by atoms with Crippen molar-refractivity contribution in [2.24, 2.45) is 5.92 Å². The van der Waals surface area contributed by atoms with Crippen LogP contribution in [0.15, 0.2) is 0 Å². The van der Waals surface area contributed by atoms with Crippen molar-refractivity contribution >= 4 is 11.7 Å². The van der Waals surface area contributed by atoms with Crippen LogP contribution in [0.3, 0.4) is 0 Å². The molecule has 0 aromatic rings. The van der Waals surface area contributed by atoms with Crippen LogP contribution >= 0.6 is 0 Å². The Hall–Kier alpha value is -1.05. The molecule has 0 bridgehead atoms. The number of hydrogen-bond acceptors (Lipinski definition) is 5. The molecule has 0 aliphatic heterocycles. The van der Waals surface area contributed by atoms with Crippen LogP contribution in [-0.4, -0.2) is 64.0 Å². The first-order valence-corrected chi connectivity index (χ1v) is 8.08.